The number of aryl methyl sites for hydroxylation is 2. The van der Waals surface area contributed by atoms with Gasteiger partial charge in [-0.25, -0.2) is 0 Å². The fourth-order valence-corrected chi connectivity index (χ4v) is 2.31. The lowest BCUT2D eigenvalue weighted by Gasteiger charge is -2.22. The number of phenolic OH excluding ortho intramolecular Hbond substituents is 1. The fraction of sp³-hybridized carbons (Fsp3) is 0.625. The molecule has 3 nitrogen and oxygen atoms in total. The zero-order valence-electron chi connectivity index (χ0n) is 12.7. The minimum atomic E-state index is -0.320. The van der Waals surface area contributed by atoms with E-state index in [1.54, 1.807) is 0 Å². The molecule has 1 aromatic rings. The van der Waals surface area contributed by atoms with Gasteiger partial charge in [0.25, 0.3) is 0 Å². The largest absolute Gasteiger partial charge is 0.507 e. The molecule has 0 heterocycles. The molecule has 0 radical (unpaired) electrons. The molecule has 19 heavy (non-hydrogen) atoms. The third kappa shape index (κ3) is 5.62. The Morgan fingerprint density at radius 2 is 1.68 bits per heavy atom. The highest BCUT2D eigenvalue weighted by Gasteiger charge is 2.16. The first-order chi connectivity index (χ1) is 8.69. The van der Waals surface area contributed by atoms with Crippen LogP contribution in [0, 0.1) is 19.3 Å². The molecule has 1 unspecified atom stereocenters. The number of aromatic hydroxyl groups is 1. The van der Waals surface area contributed by atoms with Crippen LogP contribution >= 0.6 is 0 Å². The quantitative estimate of drug-likeness (QED) is 0.767. The van der Waals surface area contributed by atoms with Gasteiger partial charge in [-0.1, -0.05) is 32.9 Å². The van der Waals surface area contributed by atoms with Crippen LogP contribution in [0.25, 0.3) is 0 Å². The molecule has 108 valence electrons. The van der Waals surface area contributed by atoms with Crippen LogP contribution in [-0.4, -0.2) is 22.9 Å². The minimum absolute atomic E-state index is 0.146. The van der Waals surface area contributed by atoms with Crippen molar-refractivity contribution in [2.24, 2.45) is 5.41 Å². The summed E-state index contributed by atoms with van der Waals surface area (Å²) in [6.45, 7) is 11.5. The summed E-state index contributed by atoms with van der Waals surface area (Å²) in [6.07, 6.45) is 0.465. The molecule has 0 saturated carbocycles. The van der Waals surface area contributed by atoms with E-state index in [9.17, 15) is 10.2 Å². The Kier molecular flexibility index (Phi) is 5.39. The average molecular weight is 265 g/mol. The normalized spacial score (nSPS) is 13.6. The summed E-state index contributed by atoms with van der Waals surface area (Å²) in [5.41, 5.74) is 3.07. The molecule has 0 bridgehead atoms. The van der Waals surface area contributed by atoms with Gasteiger partial charge in [0.15, 0.2) is 0 Å². The van der Waals surface area contributed by atoms with Gasteiger partial charge in [0, 0.05) is 13.1 Å². The van der Waals surface area contributed by atoms with Gasteiger partial charge in [0.1, 0.15) is 5.75 Å². The van der Waals surface area contributed by atoms with Crippen molar-refractivity contribution in [1.82, 2.24) is 5.32 Å². The number of hydrogen-bond acceptors (Lipinski definition) is 3. The van der Waals surface area contributed by atoms with Crippen molar-refractivity contribution in [1.29, 1.82) is 0 Å². The topological polar surface area (TPSA) is 52.5 Å². The molecule has 1 aromatic carbocycles. The molecule has 0 spiro atoms. The highest BCUT2D eigenvalue weighted by Crippen LogP contribution is 2.23. The third-order valence-corrected chi connectivity index (χ3v) is 3.11. The SMILES string of the molecule is Cc1cc(CNCC(O)CC(C)(C)C)cc(C)c1O. The van der Waals surface area contributed by atoms with Crippen LogP contribution in [0.5, 0.6) is 5.75 Å². The average Bonchev–Trinajstić information content (AvgIpc) is 2.23. The van der Waals surface area contributed by atoms with E-state index >= 15 is 0 Å². The summed E-state index contributed by atoms with van der Waals surface area (Å²) in [5.74, 6) is 0.372. The van der Waals surface area contributed by atoms with Gasteiger partial charge in [0.2, 0.25) is 0 Å². The van der Waals surface area contributed by atoms with Gasteiger partial charge in [-0.15, -0.1) is 0 Å². The summed E-state index contributed by atoms with van der Waals surface area (Å²) in [6, 6.07) is 3.96. The van der Waals surface area contributed by atoms with E-state index in [4.69, 9.17) is 0 Å². The molecule has 3 heteroatoms. The summed E-state index contributed by atoms with van der Waals surface area (Å²) >= 11 is 0. The monoisotopic (exact) mass is 265 g/mol. The molecule has 1 rings (SSSR count). The Labute approximate surface area is 116 Å². The molecule has 0 saturated heterocycles. The summed E-state index contributed by atoms with van der Waals surface area (Å²) in [4.78, 5) is 0. The molecule has 0 amide bonds. The first-order valence-corrected chi connectivity index (χ1v) is 6.87. The van der Waals surface area contributed by atoms with E-state index in [-0.39, 0.29) is 11.5 Å². The maximum Gasteiger partial charge on any atom is 0.121 e. The van der Waals surface area contributed by atoms with Gasteiger partial charge in [-0.05, 0) is 42.4 Å². The van der Waals surface area contributed by atoms with Crippen molar-refractivity contribution in [3.05, 3.63) is 28.8 Å². The van der Waals surface area contributed by atoms with Crippen LogP contribution in [0.2, 0.25) is 0 Å². The second kappa shape index (κ2) is 6.40. The van der Waals surface area contributed by atoms with Gasteiger partial charge in [-0.2, -0.15) is 0 Å². The van der Waals surface area contributed by atoms with E-state index in [0.29, 0.717) is 18.8 Å². The van der Waals surface area contributed by atoms with Crippen molar-refractivity contribution in [3.63, 3.8) is 0 Å². The fourth-order valence-electron chi connectivity index (χ4n) is 2.31. The van der Waals surface area contributed by atoms with Crippen LogP contribution in [0.4, 0.5) is 0 Å². The Bertz CT molecular complexity index is 398. The highest BCUT2D eigenvalue weighted by molar-refractivity contribution is 5.42. The Morgan fingerprint density at radius 1 is 1.16 bits per heavy atom. The van der Waals surface area contributed by atoms with Crippen LogP contribution in [0.3, 0.4) is 0 Å². The Hall–Kier alpha value is -1.06. The van der Waals surface area contributed by atoms with Gasteiger partial charge in [-0.3, -0.25) is 0 Å². The maximum atomic E-state index is 9.91. The van der Waals surface area contributed by atoms with Gasteiger partial charge < -0.3 is 15.5 Å². The summed E-state index contributed by atoms with van der Waals surface area (Å²) < 4.78 is 0. The van der Waals surface area contributed by atoms with Crippen LogP contribution < -0.4 is 5.32 Å². The number of nitrogens with one attached hydrogen (secondary N) is 1. The third-order valence-electron chi connectivity index (χ3n) is 3.11. The number of aliphatic hydroxyl groups is 1. The van der Waals surface area contributed by atoms with E-state index in [0.717, 1.165) is 23.1 Å². The molecule has 3 N–H and O–H groups in total. The Morgan fingerprint density at radius 3 is 2.16 bits per heavy atom. The first-order valence-electron chi connectivity index (χ1n) is 6.87. The minimum Gasteiger partial charge on any atom is -0.507 e. The predicted molar refractivity (Wildman–Crippen MR) is 79.4 cm³/mol. The standard InChI is InChI=1S/C16H27NO2/c1-11-6-13(7-12(2)15(11)19)9-17-10-14(18)8-16(3,4)5/h6-7,14,17-19H,8-10H2,1-5H3. The lowest BCUT2D eigenvalue weighted by molar-refractivity contribution is 0.119. The number of aliphatic hydroxyl groups excluding tert-OH is 1. The summed E-state index contributed by atoms with van der Waals surface area (Å²) in [7, 11) is 0. The van der Waals surface area contributed by atoms with Gasteiger partial charge >= 0.3 is 0 Å². The van der Waals surface area contributed by atoms with Crippen molar-refractivity contribution >= 4 is 0 Å². The maximum absolute atomic E-state index is 9.91. The van der Waals surface area contributed by atoms with E-state index in [2.05, 4.69) is 26.1 Å². The number of hydrogen-bond donors (Lipinski definition) is 3. The lowest BCUT2D eigenvalue weighted by Crippen LogP contribution is -2.29. The van der Waals surface area contributed by atoms with Crippen molar-refractivity contribution in [2.75, 3.05) is 6.54 Å². The van der Waals surface area contributed by atoms with Crippen molar-refractivity contribution < 1.29 is 10.2 Å². The van der Waals surface area contributed by atoms with E-state index < -0.39 is 0 Å². The predicted octanol–water partition coefficient (Wildman–Crippen LogP) is 2.90. The van der Waals surface area contributed by atoms with Crippen molar-refractivity contribution in [3.8, 4) is 5.75 Å². The molecule has 0 aliphatic carbocycles. The van der Waals surface area contributed by atoms with Crippen LogP contribution in [-0.2, 0) is 6.54 Å². The molecule has 0 aromatic heterocycles. The number of benzene rings is 1. The van der Waals surface area contributed by atoms with Crippen molar-refractivity contribution in [2.45, 2.75) is 53.7 Å². The first kappa shape index (κ1) is 16.0. The zero-order chi connectivity index (χ0) is 14.6. The molecule has 1 atom stereocenters. The highest BCUT2D eigenvalue weighted by atomic mass is 16.3. The zero-order valence-corrected chi connectivity index (χ0v) is 12.7. The molecule has 0 aliphatic heterocycles. The smallest absolute Gasteiger partial charge is 0.121 e. The number of phenols is 1. The van der Waals surface area contributed by atoms with E-state index in [1.165, 1.54) is 0 Å². The molecule has 0 fully saturated rings. The van der Waals surface area contributed by atoms with Crippen LogP contribution in [0.1, 0.15) is 43.9 Å². The second-order valence-corrected chi connectivity index (χ2v) is 6.63. The molecular formula is C16H27NO2. The Balaban J connectivity index is 2.46. The van der Waals surface area contributed by atoms with Gasteiger partial charge in [0.05, 0.1) is 6.10 Å². The lowest BCUT2D eigenvalue weighted by atomic mass is 9.89. The molecule has 0 aliphatic rings. The van der Waals surface area contributed by atoms with Crippen LogP contribution in [0.15, 0.2) is 12.1 Å². The molecular weight excluding hydrogens is 238 g/mol. The second-order valence-electron chi connectivity index (χ2n) is 6.63. The number of rotatable bonds is 5. The van der Waals surface area contributed by atoms with E-state index in [1.807, 2.05) is 26.0 Å². The summed E-state index contributed by atoms with van der Waals surface area (Å²) in [5, 5.41) is 22.9.